The Hall–Kier alpha value is -1.51. The standard InChI is InChI=1S/C29H58O2.C6H4O/c1-8-9-10-11-12-13-14-15-16-17-18-19-20-21-22-23-24-31-27(30)26(29(5,6)7)25-28(2,3)4;7-6-2-1-4-3-5(4)6/h26H,8-25H2,1-7H3;1-3,7H. The lowest BCUT2D eigenvalue weighted by Crippen LogP contribution is -2.33. The Labute approximate surface area is 236 Å². The van der Waals surface area contributed by atoms with Gasteiger partial charge in [0.05, 0.1) is 12.5 Å². The number of esters is 1. The molecule has 1 unspecified atom stereocenters. The Morgan fingerprint density at radius 2 is 1.18 bits per heavy atom. The first-order valence-corrected chi connectivity index (χ1v) is 16.0. The largest absolute Gasteiger partial charge is 0.507 e. The van der Waals surface area contributed by atoms with E-state index in [-0.39, 0.29) is 22.7 Å². The quantitative estimate of drug-likeness (QED) is 0.145. The molecular formula is C35H62O3. The third-order valence-electron chi connectivity index (χ3n) is 7.61. The monoisotopic (exact) mass is 530 g/mol. The van der Waals surface area contributed by atoms with Gasteiger partial charge in [0.15, 0.2) is 0 Å². The maximum atomic E-state index is 12.6. The summed E-state index contributed by atoms with van der Waals surface area (Å²) in [5.41, 5.74) is 2.32. The Morgan fingerprint density at radius 1 is 0.737 bits per heavy atom. The highest BCUT2D eigenvalue weighted by Gasteiger charge is 2.35. The molecule has 0 aromatic rings. The highest BCUT2D eigenvalue weighted by atomic mass is 16.5. The number of unbranched alkanes of at least 4 members (excludes halogenated alkanes) is 15. The Balaban J connectivity index is 0.000000863. The molecule has 3 nitrogen and oxygen atoms in total. The van der Waals surface area contributed by atoms with Gasteiger partial charge in [0.25, 0.3) is 0 Å². The molecule has 0 aromatic carbocycles. The second-order valence-electron chi connectivity index (χ2n) is 13.9. The summed E-state index contributed by atoms with van der Waals surface area (Å²) in [6, 6.07) is 5.57. The van der Waals surface area contributed by atoms with Crippen molar-refractivity contribution >= 4 is 5.97 Å². The number of carbonyl (C=O) groups is 1. The van der Waals surface area contributed by atoms with Crippen molar-refractivity contribution < 1.29 is 14.6 Å². The van der Waals surface area contributed by atoms with Gasteiger partial charge in [0, 0.05) is 5.56 Å². The van der Waals surface area contributed by atoms with Crippen LogP contribution in [-0.4, -0.2) is 17.7 Å². The normalized spacial score (nSPS) is 13.0. The first-order valence-electron chi connectivity index (χ1n) is 16.0. The molecule has 0 saturated carbocycles. The van der Waals surface area contributed by atoms with E-state index in [1.807, 2.05) is 12.1 Å². The van der Waals surface area contributed by atoms with Gasteiger partial charge in [-0.15, -0.1) is 0 Å². The lowest BCUT2D eigenvalue weighted by molar-refractivity contribution is -0.154. The zero-order chi connectivity index (χ0) is 28.4. The van der Waals surface area contributed by atoms with Crippen LogP contribution in [0.4, 0.5) is 0 Å². The number of ether oxygens (including phenoxy) is 1. The van der Waals surface area contributed by atoms with E-state index in [1.165, 1.54) is 102 Å². The van der Waals surface area contributed by atoms with E-state index in [0.29, 0.717) is 12.4 Å². The molecule has 0 bridgehead atoms. The van der Waals surface area contributed by atoms with Crippen LogP contribution in [0.25, 0.3) is 11.1 Å². The summed E-state index contributed by atoms with van der Waals surface area (Å²) in [6.45, 7) is 15.9. The minimum absolute atomic E-state index is 0.00313. The number of hydrogen-bond acceptors (Lipinski definition) is 3. The molecular weight excluding hydrogens is 468 g/mol. The molecule has 2 aliphatic rings. The fourth-order valence-corrected chi connectivity index (χ4v) is 5.02. The van der Waals surface area contributed by atoms with E-state index in [9.17, 15) is 4.79 Å². The van der Waals surface area contributed by atoms with E-state index in [4.69, 9.17) is 9.84 Å². The molecule has 3 heteroatoms. The number of phenolic OH excluding ortho intramolecular Hbond substituents is 1. The van der Waals surface area contributed by atoms with Gasteiger partial charge in [-0.2, -0.15) is 0 Å². The Bertz CT molecular complexity index is 753. The summed E-state index contributed by atoms with van der Waals surface area (Å²) in [7, 11) is 0. The number of carbonyl (C=O) groups excluding carboxylic acids is 1. The van der Waals surface area contributed by atoms with Crippen molar-refractivity contribution in [2.45, 2.75) is 158 Å². The molecule has 0 heterocycles. The number of fused-ring (bicyclic) bond motifs is 1. The molecule has 220 valence electrons. The van der Waals surface area contributed by atoms with Gasteiger partial charge in [-0.25, -0.2) is 0 Å². The fraction of sp³-hybridized carbons (Fsp3) is 0.800. The Kier molecular flexibility index (Phi) is 17.0. The molecule has 2 aliphatic carbocycles. The summed E-state index contributed by atoms with van der Waals surface area (Å²) >= 11 is 0. The van der Waals surface area contributed by atoms with E-state index < -0.39 is 0 Å². The van der Waals surface area contributed by atoms with Crippen molar-refractivity contribution in [1.29, 1.82) is 0 Å². The molecule has 0 aliphatic heterocycles. The third-order valence-corrected chi connectivity index (χ3v) is 7.61. The summed E-state index contributed by atoms with van der Waals surface area (Å²) in [5, 5.41) is 8.78. The number of aromatic hydroxyl groups is 1. The summed E-state index contributed by atoms with van der Waals surface area (Å²) < 4.78 is 5.66. The van der Waals surface area contributed by atoms with E-state index in [0.717, 1.165) is 18.4 Å². The predicted molar refractivity (Wildman–Crippen MR) is 165 cm³/mol. The van der Waals surface area contributed by atoms with Crippen molar-refractivity contribution in [2.24, 2.45) is 16.7 Å². The van der Waals surface area contributed by atoms with Crippen molar-refractivity contribution in [1.82, 2.24) is 0 Å². The van der Waals surface area contributed by atoms with Crippen molar-refractivity contribution in [3.05, 3.63) is 18.2 Å². The van der Waals surface area contributed by atoms with Crippen LogP contribution in [-0.2, 0) is 9.53 Å². The van der Waals surface area contributed by atoms with Gasteiger partial charge in [0.2, 0.25) is 0 Å². The van der Waals surface area contributed by atoms with Crippen LogP contribution in [0.15, 0.2) is 18.2 Å². The van der Waals surface area contributed by atoms with Crippen LogP contribution in [0.5, 0.6) is 5.75 Å². The van der Waals surface area contributed by atoms with Crippen LogP contribution < -0.4 is 0 Å². The number of benzene rings is 1. The second kappa shape index (κ2) is 18.7. The molecule has 0 radical (unpaired) electrons. The van der Waals surface area contributed by atoms with Crippen LogP contribution in [0, 0.1) is 16.7 Å². The molecule has 2 rings (SSSR count). The number of hydrogen-bond donors (Lipinski definition) is 1. The van der Waals surface area contributed by atoms with Crippen LogP contribution in [0.3, 0.4) is 0 Å². The zero-order valence-corrected chi connectivity index (χ0v) is 26.3. The fourth-order valence-electron chi connectivity index (χ4n) is 5.02. The first kappa shape index (κ1) is 34.5. The molecule has 38 heavy (non-hydrogen) atoms. The first-order chi connectivity index (χ1) is 18.0. The topological polar surface area (TPSA) is 46.5 Å². The minimum Gasteiger partial charge on any atom is -0.507 e. The SMILES string of the molecule is CCCCCCCCCCCCCCCCCCOC(=O)C(CC(C)(C)C)C(C)(C)C.Oc1ccc2cc1-2. The van der Waals surface area contributed by atoms with Gasteiger partial charge < -0.3 is 9.84 Å². The second-order valence-corrected chi connectivity index (χ2v) is 13.9. The van der Waals surface area contributed by atoms with Gasteiger partial charge in [-0.1, -0.05) is 151 Å². The predicted octanol–water partition coefficient (Wildman–Crippen LogP) is 11.3. The van der Waals surface area contributed by atoms with E-state index >= 15 is 0 Å². The lowest BCUT2D eigenvalue weighted by Gasteiger charge is -2.33. The molecule has 0 aromatic heterocycles. The zero-order valence-electron chi connectivity index (χ0n) is 26.3. The van der Waals surface area contributed by atoms with Crippen molar-refractivity contribution in [3.63, 3.8) is 0 Å². The molecule has 1 N–H and O–H groups in total. The van der Waals surface area contributed by atoms with Gasteiger partial charge in [-0.05, 0) is 41.4 Å². The average Bonchev–Trinajstić information content (AvgIpc) is 3.54. The van der Waals surface area contributed by atoms with Crippen LogP contribution >= 0.6 is 0 Å². The maximum absolute atomic E-state index is 12.6. The highest BCUT2D eigenvalue weighted by molar-refractivity contribution is 5.86. The van der Waals surface area contributed by atoms with Gasteiger partial charge >= 0.3 is 5.97 Å². The molecule has 0 saturated heterocycles. The smallest absolute Gasteiger partial charge is 0.309 e. The average molecular weight is 531 g/mol. The van der Waals surface area contributed by atoms with Crippen LogP contribution in [0.1, 0.15) is 158 Å². The maximum Gasteiger partial charge on any atom is 0.309 e. The highest BCUT2D eigenvalue weighted by Crippen LogP contribution is 2.42. The molecule has 0 fully saturated rings. The number of rotatable bonds is 19. The molecule has 0 spiro atoms. The summed E-state index contributed by atoms with van der Waals surface area (Å²) in [6.07, 6.45) is 22.7. The lowest BCUT2D eigenvalue weighted by atomic mass is 9.72. The minimum atomic E-state index is -0.0427. The van der Waals surface area contributed by atoms with E-state index in [1.54, 1.807) is 6.07 Å². The molecule has 1 atom stereocenters. The molecule has 0 amide bonds. The summed E-state index contributed by atoms with van der Waals surface area (Å²) in [4.78, 5) is 12.6. The Morgan fingerprint density at radius 3 is 1.47 bits per heavy atom. The van der Waals surface area contributed by atoms with Crippen LogP contribution in [0.2, 0.25) is 0 Å². The van der Waals surface area contributed by atoms with Crippen molar-refractivity contribution in [3.8, 4) is 16.9 Å². The van der Waals surface area contributed by atoms with Gasteiger partial charge in [0.1, 0.15) is 5.75 Å². The third kappa shape index (κ3) is 17.2. The van der Waals surface area contributed by atoms with E-state index in [2.05, 4.69) is 48.5 Å². The van der Waals surface area contributed by atoms with Crippen molar-refractivity contribution in [2.75, 3.05) is 6.61 Å². The summed E-state index contributed by atoms with van der Waals surface area (Å²) in [5.74, 6) is 0.409. The number of phenols is 1. The van der Waals surface area contributed by atoms with Gasteiger partial charge in [-0.3, -0.25) is 4.79 Å².